The third-order valence-corrected chi connectivity index (χ3v) is 2.73. The molecule has 168 valence electrons. The van der Waals surface area contributed by atoms with Gasteiger partial charge >= 0.3 is 151 Å². The maximum atomic E-state index is 9.46. The molecule has 0 bridgehead atoms. The Labute approximate surface area is 276 Å². The molecule has 0 aliphatic rings. The van der Waals surface area contributed by atoms with E-state index < -0.39 is 33.0 Å². The van der Waals surface area contributed by atoms with E-state index in [1.165, 1.54) is 0 Å². The van der Waals surface area contributed by atoms with E-state index in [4.69, 9.17) is 20.4 Å². The third-order valence-electron chi connectivity index (χ3n) is 1.15. The molecule has 0 aromatic carbocycles. The minimum atomic E-state index is -2.77. The summed E-state index contributed by atoms with van der Waals surface area (Å²) < 4.78 is 53.4. The zero-order valence-corrected chi connectivity index (χ0v) is 29.7. The summed E-state index contributed by atoms with van der Waals surface area (Å²) in [6, 6.07) is 0. The van der Waals surface area contributed by atoms with Crippen LogP contribution in [0.5, 0.6) is 0 Å². The maximum absolute atomic E-state index is 9.46. The van der Waals surface area contributed by atoms with Crippen LogP contribution in [0.3, 0.4) is 0 Å². The number of aliphatic hydroxyl groups excluding tert-OH is 4. The van der Waals surface area contributed by atoms with E-state index in [9.17, 15) is 37.8 Å². The second kappa shape index (κ2) is 51.5. The van der Waals surface area contributed by atoms with E-state index >= 15 is 0 Å². The second-order valence-electron chi connectivity index (χ2n) is 3.12. The topological polar surface area (TPSA) is 278 Å². The van der Waals surface area contributed by atoms with E-state index in [0.717, 1.165) is 0 Å². The molecule has 0 aromatic heterocycles. The fourth-order valence-corrected chi connectivity index (χ4v) is 1.38. The Hall–Kier alpha value is 3.92. The van der Waals surface area contributed by atoms with Crippen LogP contribution in [-0.4, -0.2) is 73.3 Å². The molecule has 24 heteroatoms. The molecule has 0 fully saturated rings. The molecule has 0 saturated heterocycles. The SMILES string of the molecule is O=[P+]([O-])OCCO.O=[P+]([O-])OCCO.O=[P+]([O-])OCCO.O=[P+]([O-])OCCO.[Na+].[Na+].[Na+].[Na+]. The van der Waals surface area contributed by atoms with Gasteiger partial charge in [0, 0.05) is 0 Å². The minimum absolute atomic E-state index is 0. The quantitative estimate of drug-likeness (QED) is 0.122. The van der Waals surface area contributed by atoms with E-state index in [0.29, 0.717) is 0 Å². The molecule has 4 unspecified atom stereocenters. The summed E-state index contributed by atoms with van der Waals surface area (Å²) >= 11 is 0. The van der Waals surface area contributed by atoms with Crippen LogP contribution in [0.25, 0.3) is 0 Å². The van der Waals surface area contributed by atoms with E-state index in [2.05, 4.69) is 18.1 Å². The molecule has 0 saturated carbocycles. The van der Waals surface area contributed by atoms with Crippen molar-refractivity contribution in [3.05, 3.63) is 0 Å². The van der Waals surface area contributed by atoms with Crippen molar-refractivity contribution in [2.45, 2.75) is 0 Å². The molecule has 32 heavy (non-hydrogen) atoms. The first-order valence-corrected chi connectivity index (χ1v) is 11.0. The Kier molecular flexibility index (Phi) is 90.5. The molecular formula is C8H20Na4O16P4+4. The first kappa shape index (κ1) is 56.2. The summed E-state index contributed by atoms with van der Waals surface area (Å²) in [5.41, 5.74) is 0. The average molecular weight is 588 g/mol. The van der Waals surface area contributed by atoms with Gasteiger partial charge in [0.15, 0.2) is 0 Å². The number of hydrogen-bond acceptors (Lipinski definition) is 16. The van der Waals surface area contributed by atoms with Crippen LogP contribution in [0.4, 0.5) is 0 Å². The van der Waals surface area contributed by atoms with Gasteiger partial charge in [0.1, 0.15) is 26.4 Å². The summed E-state index contributed by atoms with van der Waals surface area (Å²) in [5.74, 6) is 0. The van der Waals surface area contributed by atoms with Crippen molar-refractivity contribution >= 4 is 33.0 Å². The molecule has 16 nitrogen and oxygen atoms in total. The van der Waals surface area contributed by atoms with Crippen molar-refractivity contribution in [3.8, 4) is 0 Å². The van der Waals surface area contributed by atoms with Gasteiger partial charge in [-0.1, -0.05) is 0 Å². The molecule has 0 amide bonds. The summed E-state index contributed by atoms with van der Waals surface area (Å²) in [7, 11) is -11.1. The maximum Gasteiger partial charge on any atom is 1.00 e. The van der Waals surface area contributed by atoms with Crippen molar-refractivity contribution in [1.29, 1.82) is 0 Å². The van der Waals surface area contributed by atoms with Gasteiger partial charge in [0.25, 0.3) is 0 Å². The molecule has 0 aromatic rings. The Bertz CT molecular complexity index is 340. The van der Waals surface area contributed by atoms with Crippen molar-refractivity contribution in [3.63, 3.8) is 0 Å². The number of aliphatic hydroxyl groups is 4. The van der Waals surface area contributed by atoms with Crippen molar-refractivity contribution in [2.24, 2.45) is 0 Å². The zero-order chi connectivity index (χ0) is 22.8. The van der Waals surface area contributed by atoms with E-state index in [1.807, 2.05) is 0 Å². The Balaban J connectivity index is -0.0000000384. The third kappa shape index (κ3) is 92.6. The minimum Gasteiger partial charge on any atom is -0.566 e. The molecule has 0 aliphatic heterocycles. The largest absolute Gasteiger partial charge is 1.00 e. The summed E-state index contributed by atoms with van der Waals surface area (Å²) in [4.78, 5) is 37.8. The van der Waals surface area contributed by atoms with Gasteiger partial charge in [0.2, 0.25) is 0 Å². The van der Waals surface area contributed by atoms with Gasteiger partial charge in [-0.05, 0) is 18.3 Å². The number of hydrogen-bond donors (Lipinski definition) is 4. The van der Waals surface area contributed by atoms with Gasteiger partial charge < -0.3 is 40.0 Å². The van der Waals surface area contributed by atoms with Crippen molar-refractivity contribution < 1.29 is 195 Å². The van der Waals surface area contributed by atoms with Crippen LogP contribution in [0, 0.1) is 0 Å². The molecule has 0 spiro atoms. The molecule has 0 heterocycles. The normalized spacial score (nSPS) is 10.0. The van der Waals surface area contributed by atoms with Gasteiger partial charge in [-0.25, -0.2) is 0 Å². The molecule has 0 rings (SSSR count). The summed E-state index contributed by atoms with van der Waals surface area (Å²) in [6.07, 6.45) is 0. The van der Waals surface area contributed by atoms with Crippen LogP contribution in [-0.2, 0) is 36.4 Å². The fourth-order valence-electron chi connectivity index (χ4n) is 0.461. The van der Waals surface area contributed by atoms with Gasteiger partial charge in [-0.2, -0.15) is 0 Å². The average Bonchev–Trinajstić information content (AvgIpc) is 2.62. The number of rotatable bonds is 12. The standard InChI is InChI=1S/4C2H5O4P.4Na/c4*3-1-2-6-7(4)5;;;;/h4*3H,1-2H2;;;;/q;;;;4*+1. The smallest absolute Gasteiger partial charge is 0.566 e. The zero-order valence-electron chi connectivity index (χ0n) is 18.1. The van der Waals surface area contributed by atoms with Crippen molar-refractivity contribution in [2.75, 3.05) is 52.9 Å². The Morgan fingerprint density at radius 3 is 0.594 bits per heavy atom. The molecule has 4 N–H and O–H groups in total. The van der Waals surface area contributed by atoms with E-state index in [1.54, 1.807) is 0 Å². The van der Waals surface area contributed by atoms with Gasteiger partial charge in [0.05, 0.1) is 26.4 Å². The predicted octanol–water partition coefficient (Wildman–Crippen LogP) is -15.9. The van der Waals surface area contributed by atoms with Crippen LogP contribution in [0.1, 0.15) is 0 Å². The fraction of sp³-hybridized carbons (Fsp3) is 1.00. The Morgan fingerprint density at radius 2 is 0.562 bits per heavy atom. The molecule has 0 radical (unpaired) electrons. The molecule has 0 aliphatic carbocycles. The summed E-state index contributed by atoms with van der Waals surface area (Å²) in [5, 5.41) is 31.7. The van der Waals surface area contributed by atoms with E-state index in [-0.39, 0.29) is 171 Å². The monoisotopic (exact) mass is 588 g/mol. The van der Waals surface area contributed by atoms with Crippen molar-refractivity contribution in [1.82, 2.24) is 0 Å². The second-order valence-corrected chi connectivity index (χ2v) is 5.94. The van der Waals surface area contributed by atoms with Crippen LogP contribution >= 0.6 is 33.0 Å². The Morgan fingerprint density at radius 1 is 0.438 bits per heavy atom. The van der Waals surface area contributed by atoms with Gasteiger partial charge in [-0.3, -0.25) is 0 Å². The molecule has 4 atom stereocenters. The summed E-state index contributed by atoms with van der Waals surface area (Å²) in [6.45, 7) is -1.60. The van der Waals surface area contributed by atoms with Gasteiger partial charge in [-0.15, -0.1) is 18.1 Å². The first-order valence-electron chi connectivity index (χ1n) is 6.61. The van der Waals surface area contributed by atoms with Crippen LogP contribution in [0.15, 0.2) is 0 Å². The molecular weight excluding hydrogens is 568 g/mol. The predicted molar refractivity (Wildman–Crippen MR) is 82.6 cm³/mol. The first-order chi connectivity index (χ1) is 13.1. The van der Waals surface area contributed by atoms with Crippen LogP contribution < -0.4 is 138 Å². The van der Waals surface area contributed by atoms with Crippen LogP contribution in [0.2, 0.25) is 0 Å².